The zero-order chi connectivity index (χ0) is 12.4. The van der Waals surface area contributed by atoms with Gasteiger partial charge in [0.2, 0.25) is 0 Å². The molecular formula is C13H15NO3. The minimum Gasteiger partial charge on any atom is -0.490 e. The number of carbonyl (C=O) groups is 1. The van der Waals surface area contributed by atoms with Crippen molar-refractivity contribution in [3.05, 3.63) is 30.5 Å². The van der Waals surface area contributed by atoms with Gasteiger partial charge in [0.1, 0.15) is 12.3 Å². The van der Waals surface area contributed by atoms with Crippen molar-refractivity contribution < 1.29 is 14.6 Å². The standard InChI is InChI=1S/C13H15NO3/c1-9(2)17-12-5-3-4-11-10(12)6-7-14(11)8-13(15)16/h3-7,9H,8H2,1-2H3,(H,15,16). The summed E-state index contributed by atoms with van der Waals surface area (Å²) in [4.78, 5) is 10.7. The monoisotopic (exact) mass is 233 g/mol. The molecule has 90 valence electrons. The molecule has 0 aliphatic carbocycles. The lowest BCUT2D eigenvalue weighted by Crippen LogP contribution is -2.08. The first-order chi connectivity index (χ1) is 8.08. The van der Waals surface area contributed by atoms with E-state index in [9.17, 15) is 4.79 Å². The Morgan fingerprint density at radius 1 is 1.41 bits per heavy atom. The topological polar surface area (TPSA) is 51.5 Å². The Morgan fingerprint density at radius 2 is 2.18 bits per heavy atom. The number of aliphatic carboxylic acids is 1. The van der Waals surface area contributed by atoms with Crippen LogP contribution in [0.3, 0.4) is 0 Å². The van der Waals surface area contributed by atoms with E-state index in [4.69, 9.17) is 9.84 Å². The molecule has 1 aromatic carbocycles. The number of ether oxygens (including phenoxy) is 1. The Labute approximate surface area is 99.4 Å². The molecule has 1 N–H and O–H groups in total. The van der Waals surface area contributed by atoms with E-state index in [0.717, 1.165) is 16.7 Å². The first-order valence-electron chi connectivity index (χ1n) is 5.54. The van der Waals surface area contributed by atoms with Crippen LogP contribution in [0.5, 0.6) is 5.75 Å². The number of aromatic nitrogens is 1. The molecule has 0 amide bonds. The molecule has 0 spiro atoms. The summed E-state index contributed by atoms with van der Waals surface area (Å²) in [6.45, 7) is 3.90. The maximum Gasteiger partial charge on any atom is 0.323 e. The molecule has 4 heteroatoms. The van der Waals surface area contributed by atoms with Gasteiger partial charge in [0.15, 0.2) is 0 Å². The minimum absolute atomic E-state index is 0.0331. The van der Waals surface area contributed by atoms with Crippen molar-refractivity contribution in [2.24, 2.45) is 0 Å². The van der Waals surface area contributed by atoms with Crippen LogP contribution >= 0.6 is 0 Å². The highest BCUT2D eigenvalue weighted by atomic mass is 16.5. The molecule has 4 nitrogen and oxygen atoms in total. The molecular weight excluding hydrogens is 218 g/mol. The first kappa shape index (κ1) is 11.5. The zero-order valence-corrected chi connectivity index (χ0v) is 9.88. The van der Waals surface area contributed by atoms with Gasteiger partial charge < -0.3 is 14.4 Å². The number of benzene rings is 1. The van der Waals surface area contributed by atoms with Gasteiger partial charge in [-0.1, -0.05) is 6.07 Å². The average Bonchev–Trinajstić information content (AvgIpc) is 2.61. The summed E-state index contributed by atoms with van der Waals surface area (Å²) in [6, 6.07) is 7.55. The van der Waals surface area contributed by atoms with Crippen molar-refractivity contribution in [3.8, 4) is 5.75 Å². The number of rotatable bonds is 4. The molecule has 0 saturated heterocycles. The van der Waals surface area contributed by atoms with Crippen LogP contribution in [0.1, 0.15) is 13.8 Å². The zero-order valence-electron chi connectivity index (χ0n) is 9.88. The molecule has 1 aromatic heterocycles. The number of carboxylic acid groups (broad SMARTS) is 1. The predicted molar refractivity (Wildman–Crippen MR) is 65.3 cm³/mol. The molecule has 0 aliphatic heterocycles. The van der Waals surface area contributed by atoms with Crippen molar-refractivity contribution in [2.45, 2.75) is 26.5 Å². The normalized spacial score (nSPS) is 11.0. The molecule has 0 saturated carbocycles. The van der Waals surface area contributed by atoms with Crippen LogP contribution in [-0.4, -0.2) is 21.7 Å². The lowest BCUT2D eigenvalue weighted by molar-refractivity contribution is -0.137. The van der Waals surface area contributed by atoms with Crippen LogP contribution < -0.4 is 4.74 Å². The van der Waals surface area contributed by atoms with E-state index in [-0.39, 0.29) is 12.6 Å². The Balaban J connectivity index is 2.45. The number of hydrogen-bond donors (Lipinski definition) is 1. The van der Waals surface area contributed by atoms with Gasteiger partial charge in [0.25, 0.3) is 0 Å². The molecule has 0 atom stereocenters. The van der Waals surface area contributed by atoms with Crippen molar-refractivity contribution in [2.75, 3.05) is 0 Å². The second-order valence-corrected chi connectivity index (χ2v) is 4.19. The van der Waals surface area contributed by atoms with E-state index >= 15 is 0 Å². The third-order valence-corrected chi connectivity index (χ3v) is 2.44. The summed E-state index contributed by atoms with van der Waals surface area (Å²) in [5, 5.41) is 9.75. The van der Waals surface area contributed by atoms with Crippen LogP contribution in [0, 0.1) is 0 Å². The van der Waals surface area contributed by atoms with E-state index < -0.39 is 5.97 Å². The van der Waals surface area contributed by atoms with Gasteiger partial charge in [-0.3, -0.25) is 4.79 Å². The van der Waals surface area contributed by atoms with Crippen LogP contribution in [0.4, 0.5) is 0 Å². The smallest absolute Gasteiger partial charge is 0.323 e. The van der Waals surface area contributed by atoms with Gasteiger partial charge in [-0.2, -0.15) is 0 Å². The van der Waals surface area contributed by atoms with Gasteiger partial charge in [0.05, 0.1) is 11.6 Å². The molecule has 2 aromatic rings. The molecule has 1 heterocycles. The van der Waals surface area contributed by atoms with Crippen LogP contribution in [-0.2, 0) is 11.3 Å². The maximum atomic E-state index is 10.7. The summed E-state index contributed by atoms with van der Waals surface area (Å²) >= 11 is 0. The number of hydrogen-bond acceptors (Lipinski definition) is 2. The van der Waals surface area contributed by atoms with E-state index in [2.05, 4.69) is 0 Å². The van der Waals surface area contributed by atoms with Crippen LogP contribution in [0.15, 0.2) is 30.5 Å². The fourth-order valence-corrected chi connectivity index (χ4v) is 1.84. The van der Waals surface area contributed by atoms with Gasteiger partial charge in [0, 0.05) is 11.6 Å². The van der Waals surface area contributed by atoms with E-state index in [1.807, 2.05) is 38.1 Å². The highest BCUT2D eigenvalue weighted by Crippen LogP contribution is 2.27. The lowest BCUT2D eigenvalue weighted by atomic mass is 10.2. The number of nitrogens with zero attached hydrogens (tertiary/aromatic N) is 1. The van der Waals surface area contributed by atoms with Crippen molar-refractivity contribution in [1.82, 2.24) is 4.57 Å². The third-order valence-electron chi connectivity index (χ3n) is 2.44. The summed E-state index contributed by atoms with van der Waals surface area (Å²) < 4.78 is 7.38. The molecule has 17 heavy (non-hydrogen) atoms. The second-order valence-electron chi connectivity index (χ2n) is 4.19. The molecule has 0 unspecified atom stereocenters. The summed E-state index contributed by atoms with van der Waals surface area (Å²) in [6.07, 6.45) is 1.87. The van der Waals surface area contributed by atoms with E-state index in [1.54, 1.807) is 10.8 Å². The molecule has 0 radical (unpaired) electrons. The van der Waals surface area contributed by atoms with Crippen molar-refractivity contribution in [3.63, 3.8) is 0 Å². The summed E-state index contributed by atoms with van der Waals surface area (Å²) in [5.41, 5.74) is 0.880. The average molecular weight is 233 g/mol. The fourth-order valence-electron chi connectivity index (χ4n) is 1.84. The highest BCUT2D eigenvalue weighted by Gasteiger charge is 2.09. The maximum absolute atomic E-state index is 10.7. The Kier molecular flexibility index (Phi) is 3.04. The van der Waals surface area contributed by atoms with Gasteiger partial charge in [-0.25, -0.2) is 0 Å². The Bertz CT molecular complexity index is 543. The second kappa shape index (κ2) is 4.49. The van der Waals surface area contributed by atoms with Gasteiger partial charge >= 0.3 is 5.97 Å². The molecule has 0 fully saturated rings. The number of fused-ring (bicyclic) bond motifs is 1. The Hall–Kier alpha value is -1.97. The SMILES string of the molecule is CC(C)Oc1cccc2c1ccn2CC(=O)O. The fraction of sp³-hybridized carbons (Fsp3) is 0.308. The van der Waals surface area contributed by atoms with E-state index in [1.165, 1.54) is 0 Å². The van der Waals surface area contributed by atoms with Crippen molar-refractivity contribution >= 4 is 16.9 Å². The number of carboxylic acids is 1. The van der Waals surface area contributed by atoms with E-state index in [0.29, 0.717) is 0 Å². The lowest BCUT2D eigenvalue weighted by Gasteiger charge is -2.11. The largest absolute Gasteiger partial charge is 0.490 e. The van der Waals surface area contributed by atoms with Crippen LogP contribution in [0.25, 0.3) is 10.9 Å². The Morgan fingerprint density at radius 3 is 2.82 bits per heavy atom. The van der Waals surface area contributed by atoms with Crippen LogP contribution in [0.2, 0.25) is 0 Å². The summed E-state index contributed by atoms with van der Waals surface area (Å²) in [5.74, 6) is -0.0562. The molecule has 0 bridgehead atoms. The quantitative estimate of drug-likeness (QED) is 0.882. The molecule has 0 aliphatic rings. The van der Waals surface area contributed by atoms with Crippen molar-refractivity contribution in [1.29, 1.82) is 0 Å². The predicted octanol–water partition coefficient (Wildman–Crippen LogP) is 2.51. The van der Waals surface area contributed by atoms with Gasteiger partial charge in [-0.05, 0) is 32.0 Å². The van der Waals surface area contributed by atoms with Gasteiger partial charge in [-0.15, -0.1) is 0 Å². The first-order valence-corrected chi connectivity index (χ1v) is 5.54. The third kappa shape index (κ3) is 2.41. The highest BCUT2D eigenvalue weighted by molar-refractivity contribution is 5.87. The minimum atomic E-state index is -0.849. The summed E-state index contributed by atoms with van der Waals surface area (Å²) in [7, 11) is 0. The molecule has 2 rings (SSSR count).